The quantitative estimate of drug-likeness (QED) is 0.917. The fourth-order valence-corrected chi connectivity index (χ4v) is 3.44. The van der Waals surface area contributed by atoms with Gasteiger partial charge in [-0.05, 0) is 24.1 Å². The summed E-state index contributed by atoms with van der Waals surface area (Å²) in [6.07, 6.45) is 0.764. The Labute approximate surface area is 132 Å². The summed E-state index contributed by atoms with van der Waals surface area (Å²) in [4.78, 5) is 15.2. The van der Waals surface area contributed by atoms with Crippen molar-refractivity contribution in [1.29, 1.82) is 0 Å². The number of aromatic nitrogens is 1. The van der Waals surface area contributed by atoms with E-state index in [1.165, 1.54) is 11.3 Å². The van der Waals surface area contributed by atoms with Gasteiger partial charge in [-0.3, -0.25) is 4.79 Å². The summed E-state index contributed by atoms with van der Waals surface area (Å²) < 4.78 is 10.7. The molecule has 0 unspecified atom stereocenters. The van der Waals surface area contributed by atoms with Gasteiger partial charge in [-0.2, -0.15) is 0 Å². The monoisotopic (exact) mass is 319 g/mol. The maximum absolute atomic E-state index is 10.8. The predicted octanol–water partition coefficient (Wildman–Crippen LogP) is 3.02. The second kappa shape index (κ2) is 5.61. The minimum Gasteiger partial charge on any atom is -0.481 e. The molecule has 5 nitrogen and oxygen atoms in total. The number of benzene rings is 1. The van der Waals surface area contributed by atoms with E-state index in [0.717, 1.165) is 28.5 Å². The summed E-state index contributed by atoms with van der Waals surface area (Å²) in [5.74, 6) is 0.698. The van der Waals surface area contributed by atoms with Crippen LogP contribution in [0, 0.1) is 0 Å². The van der Waals surface area contributed by atoms with Crippen LogP contribution in [0.4, 0.5) is 0 Å². The molecule has 1 aromatic carbocycles. The van der Waals surface area contributed by atoms with E-state index in [-0.39, 0.29) is 18.6 Å². The Balaban J connectivity index is 1.77. The number of rotatable bonds is 5. The van der Waals surface area contributed by atoms with E-state index in [0.29, 0.717) is 5.69 Å². The van der Waals surface area contributed by atoms with Crippen LogP contribution in [0.3, 0.4) is 0 Å². The Hall–Kier alpha value is -2.08. The summed E-state index contributed by atoms with van der Waals surface area (Å²) in [6, 6.07) is 5.95. The van der Waals surface area contributed by atoms with Crippen molar-refractivity contribution in [3.05, 3.63) is 39.8 Å². The third-order valence-corrected chi connectivity index (χ3v) is 4.80. The number of fused-ring (bicyclic) bond motifs is 1. The smallest absolute Gasteiger partial charge is 0.309 e. The van der Waals surface area contributed by atoms with E-state index < -0.39 is 5.97 Å². The van der Waals surface area contributed by atoms with Crippen LogP contribution in [0.1, 0.15) is 30.1 Å². The molecule has 0 atom stereocenters. The maximum Gasteiger partial charge on any atom is 0.309 e. The first-order valence-electron chi connectivity index (χ1n) is 6.99. The summed E-state index contributed by atoms with van der Waals surface area (Å²) in [5, 5.41) is 11.6. The molecule has 0 amide bonds. The van der Waals surface area contributed by atoms with Gasteiger partial charge in [0.25, 0.3) is 0 Å². The molecule has 1 aromatic heterocycles. The molecule has 0 saturated carbocycles. The van der Waals surface area contributed by atoms with Crippen molar-refractivity contribution in [3.63, 3.8) is 0 Å². The van der Waals surface area contributed by atoms with E-state index in [4.69, 9.17) is 14.6 Å². The van der Waals surface area contributed by atoms with Crippen LogP contribution >= 0.6 is 11.3 Å². The Bertz CT molecular complexity index is 708. The van der Waals surface area contributed by atoms with Crippen LogP contribution in [0.2, 0.25) is 0 Å². The zero-order valence-electron chi connectivity index (χ0n) is 12.5. The van der Waals surface area contributed by atoms with Crippen LogP contribution in [-0.2, 0) is 23.1 Å². The summed E-state index contributed by atoms with van der Waals surface area (Å²) in [7, 11) is 0. The largest absolute Gasteiger partial charge is 0.481 e. The van der Waals surface area contributed by atoms with Crippen LogP contribution in [0.5, 0.6) is 11.5 Å². The Morgan fingerprint density at radius 1 is 1.36 bits per heavy atom. The molecule has 0 radical (unpaired) electrons. The minimum absolute atomic E-state index is 0.0311. The van der Waals surface area contributed by atoms with Crippen molar-refractivity contribution in [2.45, 2.75) is 32.1 Å². The Kier molecular flexibility index (Phi) is 3.78. The molecule has 0 bridgehead atoms. The predicted molar refractivity (Wildman–Crippen MR) is 82.7 cm³/mol. The zero-order valence-corrected chi connectivity index (χ0v) is 13.3. The minimum atomic E-state index is -0.856. The number of carbonyl (C=O) groups is 1. The van der Waals surface area contributed by atoms with Crippen molar-refractivity contribution in [2.75, 3.05) is 6.79 Å². The van der Waals surface area contributed by atoms with Gasteiger partial charge >= 0.3 is 5.97 Å². The first-order chi connectivity index (χ1) is 10.4. The van der Waals surface area contributed by atoms with E-state index in [9.17, 15) is 4.79 Å². The highest BCUT2D eigenvalue weighted by molar-refractivity contribution is 7.09. The van der Waals surface area contributed by atoms with Gasteiger partial charge in [-0.1, -0.05) is 19.9 Å². The maximum atomic E-state index is 10.8. The van der Waals surface area contributed by atoms with Gasteiger partial charge in [-0.15, -0.1) is 11.3 Å². The number of nitrogens with zero attached hydrogens (tertiary/aromatic N) is 1. The normalized spacial score (nSPS) is 13.4. The first-order valence-corrected chi connectivity index (χ1v) is 7.87. The molecule has 2 heterocycles. The molecule has 2 aromatic rings. The lowest BCUT2D eigenvalue weighted by atomic mass is 9.86. The molecule has 0 saturated heterocycles. The van der Waals surface area contributed by atoms with Crippen molar-refractivity contribution < 1.29 is 19.4 Å². The molecule has 3 rings (SSSR count). The lowest BCUT2D eigenvalue weighted by Crippen LogP contribution is -2.20. The topological polar surface area (TPSA) is 68.7 Å². The van der Waals surface area contributed by atoms with Crippen molar-refractivity contribution in [2.24, 2.45) is 0 Å². The van der Waals surface area contributed by atoms with Gasteiger partial charge in [-0.25, -0.2) is 4.98 Å². The third-order valence-electron chi connectivity index (χ3n) is 3.55. The fraction of sp³-hybridized carbons (Fsp3) is 0.375. The first kappa shape index (κ1) is 14.8. The van der Waals surface area contributed by atoms with E-state index >= 15 is 0 Å². The molecule has 1 aliphatic rings. The average Bonchev–Trinajstić information content (AvgIpc) is 3.06. The third kappa shape index (κ3) is 3.06. The number of ether oxygens (including phenoxy) is 2. The molecule has 0 spiro atoms. The average molecular weight is 319 g/mol. The van der Waals surface area contributed by atoms with Gasteiger partial charge < -0.3 is 14.6 Å². The van der Waals surface area contributed by atoms with Gasteiger partial charge in [0.1, 0.15) is 0 Å². The second-order valence-corrected chi connectivity index (χ2v) is 6.82. The highest BCUT2D eigenvalue weighted by Crippen LogP contribution is 2.36. The SMILES string of the molecule is CC(C)(Cc1ccc2c(c1)OCO2)c1nc(CC(=O)O)cs1. The molecule has 0 fully saturated rings. The number of hydrogen-bond donors (Lipinski definition) is 1. The Morgan fingerprint density at radius 2 is 2.14 bits per heavy atom. The highest BCUT2D eigenvalue weighted by Gasteiger charge is 2.26. The molecule has 116 valence electrons. The lowest BCUT2D eigenvalue weighted by Gasteiger charge is -2.22. The number of thiazole rings is 1. The standard InChI is InChI=1S/C16H17NO4S/c1-16(2,15-17-11(8-22-15)6-14(18)19)7-10-3-4-12-13(5-10)21-9-20-12/h3-5,8H,6-7,9H2,1-2H3,(H,18,19). The summed E-state index contributed by atoms with van der Waals surface area (Å²) in [6.45, 7) is 4.50. The van der Waals surface area contributed by atoms with E-state index in [2.05, 4.69) is 18.8 Å². The van der Waals surface area contributed by atoms with Gasteiger partial charge in [0, 0.05) is 10.8 Å². The van der Waals surface area contributed by atoms with Crippen molar-refractivity contribution in [1.82, 2.24) is 4.98 Å². The number of aliphatic carboxylic acids is 1. The zero-order chi connectivity index (χ0) is 15.7. The van der Waals surface area contributed by atoms with Crippen LogP contribution in [-0.4, -0.2) is 22.9 Å². The van der Waals surface area contributed by atoms with Crippen LogP contribution < -0.4 is 9.47 Å². The summed E-state index contributed by atoms with van der Waals surface area (Å²) >= 11 is 1.51. The van der Waals surface area contributed by atoms with Crippen LogP contribution in [0.15, 0.2) is 23.6 Å². The van der Waals surface area contributed by atoms with Gasteiger partial charge in [0.05, 0.1) is 17.1 Å². The highest BCUT2D eigenvalue weighted by atomic mass is 32.1. The molecule has 22 heavy (non-hydrogen) atoms. The van der Waals surface area contributed by atoms with E-state index in [1.54, 1.807) is 0 Å². The molecule has 6 heteroatoms. The lowest BCUT2D eigenvalue weighted by molar-refractivity contribution is -0.136. The molecule has 0 aliphatic carbocycles. The molecule has 1 N–H and O–H groups in total. The number of hydrogen-bond acceptors (Lipinski definition) is 5. The fourth-order valence-electron chi connectivity index (χ4n) is 2.49. The van der Waals surface area contributed by atoms with Gasteiger partial charge in [0.15, 0.2) is 11.5 Å². The number of carboxylic acid groups (broad SMARTS) is 1. The molecular formula is C16H17NO4S. The van der Waals surface area contributed by atoms with Crippen molar-refractivity contribution >= 4 is 17.3 Å². The van der Waals surface area contributed by atoms with Gasteiger partial charge in [0.2, 0.25) is 6.79 Å². The molecular weight excluding hydrogens is 302 g/mol. The molecule has 1 aliphatic heterocycles. The number of carboxylic acids is 1. The Morgan fingerprint density at radius 3 is 2.91 bits per heavy atom. The summed E-state index contributed by atoms with van der Waals surface area (Å²) in [5.41, 5.74) is 1.59. The second-order valence-electron chi connectivity index (χ2n) is 5.96. The van der Waals surface area contributed by atoms with Crippen LogP contribution in [0.25, 0.3) is 0 Å². The van der Waals surface area contributed by atoms with E-state index in [1.807, 2.05) is 23.6 Å². The van der Waals surface area contributed by atoms with Crippen molar-refractivity contribution in [3.8, 4) is 11.5 Å².